The molecule has 1 rings (SSSR count). The van der Waals surface area contributed by atoms with Crippen LogP contribution in [0.1, 0.15) is 51.7 Å². The molecule has 0 unspecified atom stereocenters. The van der Waals surface area contributed by atoms with Crippen LogP contribution in [0.2, 0.25) is 0 Å². The molecule has 1 aromatic carbocycles. The highest BCUT2D eigenvalue weighted by molar-refractivity contribution is 5.39. The van der Waals surface area contributed by atoms with E-state index < -0.39 is 0 Å². The summed E-state index contributed by atoms with van der Waals surface area (Å²) in [5, 5.41) is 0. The fourth-order valence-electron chi connectivity index (χ4n) is 1.45. The van der Waals surface area contributed by atoms with E-state index in [9.17, 15) is 0 Å². The molecule has 0 amide bonds. The second-order valence-corrected chi connectivity index (χ2v) is 3.58. The van der Waals surface area contributed by atoms with Crippen molar-refractivity contribution in [3.63, 3.8) is 0 Å². The van der Waals surface area contributed by atoms with E-state index in [-0.39, 0.29) is 0 Å². The van der Waals surface area contributed by atoms with Gasteiger partial charge in [-0.25, -0.2) is 0 Å². The number of hydrogen-bond donors (Lipinski definition) is 0. The van der Waals surface area contributed by atoms with Gasteiger partial charge >= 0.3 is 0 Å². The van der Waals surface area contributed by atoms with Crippen LogP contribution < -0.4 is 4.74 Å². The molecule has 0 atom stereocenters. The number of hydrogen-bond acceptors (Lipinski definition) is 1. The van der Waals surface area contributed by atoms with E-state index >= 15 is 0 Å². The van der Waals surface area contributed by atoms with Gasteiger partial charge in [0.15, 0.2) is 0 Å². The summed E-state index contributed by atoms with van der Waals surface area (Å²) in [7, 11) is 1.74. The number of methoxy groups -OCH3 is 1. The second kappa shape index (κ2) is 7.33. The first-order chi connectivity index (χ1) is 7.19. The van der Waals surface area contributed by atoms with Crippen molar-refractivity contribution in [1.29, 1.82) is 0 Å². The van der Waals surface area contributed by atoms with Gasteiger partial charge in [0.2, 0.25) is 0 Å². The standard InChI is InChI=1S/C12H18O.C2H6/c1-5-10-6-7-11(9(2)3)12(8-10)13-4;1-2/h6-9H,5H2,1-4H3;1-2H3. The maximum absolute atomic E-state index is 5.35. The predicted octanol–water partition coefficient (Wildman–Crippen LogP) is 4.41. The minimum Gasteiger partial charge on any atom is -0.496 e. The van der Waals surface area contributed by atoms with Gasteiger partial charge in [0.1, 0.15) is 5.75 Å². The van der Waals surface area contributed by atoms with E-state index in [1.807, 2.05) is 13.8 Å². The summed E-state index contributed by atoms with van der Waals surface area (Å²) in [5.41, 5.74) is 2.63. The SMILES string of the molecule is CC.CCc1ccc(C(C)C)c(OC)c1. The Balaban J connectivity index is 0.000000921. The maximum atomic E-state index is 5.35. The Kier molecular flexibility index (Phi) is 6.85. The lowest BCUT2D eigenvalue weighted by atomic mass is 9.99. The number of rotatable bonds is 3. The van der Waals surface area contributed by atoms with E-state index in [1.165, 1.54) is 11.1 Å². The second-order valence-electron chi connectivity index (χ2n) is 3.58. The molecule has 0 saturated heterocycles. The molecule has 0 saturated carbocycles. The van der Waals surface area contributed by atoms with Gasteiger partial charge in [0, 0.05) is 0 Å². The zero-order valence-corrected chi connectivity index (χ0v) is 10.9. The molecule has 0 aliphatic rings. The van der Waals surface area contributed by atoms with E-state index in [0.29, 0.717) is 5.92 Å². The molecule has 1 heteroatoms. The molecule has 0 heterocycles. The van der Waals surface area contributed by atoms with Crippen LogP contribution in [0.4, 0.5) is 0 Å². The van der Waals surface area contributed by atoms with Crippen molar-refractivity contribution in [3.05, 3.63) is 29.3 Å². The lowest BCUT2D eigenvalue weighted by Gasteiger charge is -2.12. The van der Waals surface area contributed by atoms with Crippen molar-refractivity contribution in [1.82, 2.24) is 0 Å². The summed E-state index contributed by atoms with van der Waals surface area (Å²) in [6.07, 6.45) is 1.06. The van der Waals surface area contributed by atoms with Crippen molar-refractivity contribution >= 4 is 0 Å². The lowest BCUT2D eigenvalue weighted by Crippen LogP contribution is -1.95. The third kappa shape index (κ3) is 3.94. The number of benzene rings is 1. The normalized spacial score (nSPS) is 9.53. The van der Waals surface area contributed by atoms with Gasteiger partial charge in [-0.15, -0.1) is 0 Å². The zero-order chi connectivity index (χ0) is 11.8. The monoisotopic (exact) mass is 208 g/mol. The van der Waals surface area contributed by atoms with Crippen LogP contribution in [0, 0.1) is 0 Å². The van der Waals surface area contributed by atoms with Gasteiger partial charge < -0.3 is 4.74 Å². The molecular formula is C14H24O. The quantitative estimate of drug-likeness (QED) is 0.715. The molecule has 15 heavy (non-hydrogen) atoms. The van der Waals surface area contributed by atoms with Crippen molar-refractivity contribution in [2.24, 2.45) is 0 Å². The smallest absolute Gasteiger partial charge is 0.122 e. The van der Waals surface area contributed by atoms with Crippen LogP contribution in [0.25, 0.3) is 0 Å². The minimum absolute atomic E-state index is 0.529. The van der Waals surface area contributed by atoms with Gasteiger partial charge in [-0.1, -0.05) is 46.8 Å². The van der Waals surface area contributed by atoms with Crippen molar-refractivity contribution < 1.29 is 4.74 Å². The largest absolute Gasteiger partial charge is 0.496 e. The lowest BCUT2D eigenvalue weighted by molar-refractivity contribution is 0.407. The average Bonchev–Trinajstić information content (AvgIpc) is 2.30. The average molecular weight is 208 g/mol. The van der Waals surface area contributed by atoms with Crippen molar-refractivity contribution in [3.8, 4) is 5.75 Å². The first-order valence-electron chi connectivity index (χ1n) is 5.85. The van der Waals surface area contributed by atoms with E-state index in [2.05, 4.69) is 39.0 Å². The van der Waals surface area contributed by atoms with Crippen LogP contribution in [0.3, 0.4) is 0 Å². The number of aryl methyl sites for hydroxylation is 1. The maximum Gasteiger partial charge on any atom is 0.122 e. The van der Waals surface area contributed by atoms with Gasteiger partial charge in [-0.3, -0.25) is 0 Å². The highest BCUT2D eigenvalue weighted by Gasteiger charge is 2.06. The van der Waals surface area contributed by atoms with Crippen molar-refractivity contribution in [2.75, 3.05) is 7.11 Å². The Morgan fingerprint density at radius 1 is 1.20 bits per heavy atom. The Morgan fingerprint density at radius 3 is 2.20 bits per heavy atom. The molecule has 1 nitrogen and oxygen atoms in total. The molecule has 1 aromatic rings. The third-order valence-electron chi connectivity index (χ3n) is 2.33. The Hall–Kier alpha value is -0.980. The molecule has 0 spiro atoms. The fraction of sp³-hybridized carbons (Fsp3) is 0.571. The van der Waals surface area contributed by atoms with Gasteiger partial charge in [-0.2, -0.15) is 0 Å². The van der Waals surface area contributed by atoms with Crippen LogP contribution in [-0.4, -0.2) is 7.11 Å². The number of ether oxygens (including phenoxy) is 1. The fourth-order valence-corrected chi connectivity index (χ4v) is 1.45. The van der Waals surface area contributed by atoms with Gasteiger partial charge in [0.25, 0.3) is 0 Å². The van der Waals surface area contributed by atoms with Gasteiger partial charge in [-0.05, 0) is 29.5 Å². The van der Waals surface area contributed by atoms with Gasteiger partial charge in [0.05, 0.1) is 7.11 Å². The van der Waals surface area contributed by atoms with Crippen LogP contribution in [-0.2, 0) is 6.42 Å². The summed E-state index contributed by atoms with van der Waals surface area (Å²) in [6, 6.07) is 6.48. The molecule has 0 aromatic heterocycles. The molecule has 0 N–H and O–H groups in total. The summed E-state index contributed by atoms with van der Waals surface area (Å²) in [4.78, 5) is 0. The molecule has 0 aliphatic carbocycles. The van der Waals surface area contributed by atoms with Crippen LogP contribution in [0.5, 0.6) is 5.75 Å². The Labute approximate surface area is 94.5 Å². The van der Waals surface area contributed by atoms with E-state index in [4.69, 9.17) is 4.74 Å². The highest BCUT2D eigenvalue weighted by atomic mass is 16.5. The molecule has 0 radical (unpaired) electrons. The summed E-state index contributed by atoms with van der Waals surface area (Å²) in [5.74, 6) is 1.55. The summed E-state index contributed by atoms with van der Waals surface area (Å²) >= 11 is 0. The van der Waals surface area contributed by atoms with E-state index in [1.54, 1.807) is 7.11 Å². The topological polar surface area (TPSA) is 9.23 Å². The molecule has 0 bridgehead atoms. The first kappa shape index (κ1) is 14.0. The first-order valence-corrected chi connectivity index (χ1v) is 5.85. The summed E-state index contributed by atoms with van der Waals surface area (Å²) in [6.45, 7) is 10.5. The Bertz CT molecular complexity index is 277. The third-order valence-corrected chi connectivity index (χ3v) is 2.33. The van der Waals surface area contributed by atoms with Crippen LogP contribution >= 0.6 is 0 Å². The minimum atomic E-state index is 0.529. The molecule has 0 aliphatic heterocycles. The van der Waals surface area contributed by atoms with Crippen LogP contribution in [0.15, 0.2) is 18.2 Å². The molecular weight excluding hydrogens is 184 g/mol. The highest BCUT2D eigenvalue weighted by Crippen LogP contribution is 2.27. The van der Waals surface area contributed by atoms with E-state index in [0.717, 1.165) is 12.2 Å². The Morgan fingerprint density at radius 2 is 1.80 bits per heavy atom. The predicted molar refractivity (Wildman–Crippen MR) is 67.8 cm³/mol. The zero-order valence-electron chi connectivity index (χ0n) is 10.9. The molecule has 86 valence electrons. The van der Waals surface area contributed by atoms with Crippen molar-refractivity contribution in [2.45, 2.75) is 47.0 Å². The summed E-state index contributed by atoms with van der Waals surface area (Å²) < 4.78 is 5.35. The molecule has 0 fully saturated rings.